The maximum Gasteiger partial charge on any atom is 0.229 e. The van der Waals surface area contributed by atoms with Gasteiger partial charge in [0.2, 0.25) is 6.04 Å². The zero-order valence-corrected chi connectivity index (χ0v) is 18.1. The second-order valence-corrected chi connectivity index (χ2v) is 8.71. The number of benzene rings is 2. The minimum atomic E-state index is -0.519. The molecular formula is C27H35NO2. The Hall–Kier alpha value is -2.15. The molecule has 5 atom stereocenters. The van der Waals surface area contributed by atoms with Gasteiger partial charge in [-0.05, 0) is 42.4 Å². The maximum atomic E-state index is 10.9. The molecule has 0 amide bonds. The number of nitrogens with zero attached hydrogens (tertiary/aromatic N) is 1. The predicted octanol–water partition coefficient (Wildman–Crippen LogP) is 6.08. The van der Waals surface area contributed by atoms with Crippen LogP contribution in [0.4, 0.5) is 0 Å². The van der Waals surface area contributed by atoms with Crippen LogP contribution >= 0.6 is 0 Å². The molecule has 160 valence electrons. The van der Waals surface area contributed by atoms with Crippen LogP contribution in [0.15, 0.2) is 54.6 Å². The molecule has 3 rings (SSSR count). The number of unbranched alkanes of at least 4 members (excludes halogenated alkanes) is 2. The Morgan fingerprint density at radius 1 is 1.03 bits per heavy atom. The highest BCUT2D eigenvalue weighted by molar-refractivity contribution is 5.35. The monoisotopic (exact) mass is 405 g/mol. The van der Waals surface area contributed by atoms with Gasteiger partial charge in [-0.15, -0.1) is 0 Å². The van der Waals surface area contributed by atoms with E-state index >= 15 is 0 Å². The minimum Gasteiger partial charge on any atom is -0.392 e. The zero-order chi connectivity index (χ0) is 21.3. The van der Waals surface area contributed by atoms with E-state index < -0.39 is 12.2 Å². The fourth-order valence-electron chi connectivity index (χ4n) is 5.10. The Morgan fingerprint density at radius 3 is 2.50 bits per heavy atom. The third kappa shape index (κ3) is 5.50. The van der Waals surface area contributed by atoms with E-state index in [2.05, 4.69) is 42.1 Å². The highest BCUT2D eigenvalue weighted by Gasteiger charge is 2.47. The van der Waals surface area contributed by atoms with Crippen molar-refractivity contribution >= 4 is 0 Å². The van der Waals surface area contributed by atoms with Gasteiger partial charge in [0, 0.05) is 18.3 Å². The van der Waals surface area contributed by atoms with Gasteiger partial charge in [0.25, 0.3) is 0 Å². The molecule has 0 bridgehead atoms. The van der Waals surface area contributed by atoms with E-state index in [0.29, 0.717) is 6.42 Å². The van der Waals surface area contributed by atoms with Crippen molar-refractivity contribution in [2.24, 2.45) is 5.92 Å². The fourth-order valence-corrected chi connectivity index (χ4v) is 5.10. The summed E-state index contributed by atoms with van der Waals surface area (Å²) < 4.78 is 0. The molecule has 0 aliphatic heterocycles. The van der Waals surface area contributed by atoms with Crippen molar-refractivity contribution in [1.82, 2.24) is 0 Å². The van der Waals surface area contributed by atoms with E-state index in [-0.39, 0.29) is 17.9 Å². The maximum absolute atomic E-state index is 10.9. The highest BCUT2D eigenvalue weighted by atomic mass is 16.3. The summed E-state index contributed by atoms with van der Waals surface area (Å²) in [5.74, 6) is 0.0575. The van der Waals surface area contributed by atoms with Crippen molar-refractivity contribution < 1.29 is 10.2 Å². The van der Waals surface area contributed by atoms with Crippen LogP contribution in [0.3, 0.4) is 0 Å². The summed E-state index contributed by atoms with van der Waals surface area (Å²) in [7, 11) is 0. The molecular weight excluding hydrogens is 370 g/mol. The van der Waals surface area contributed by atoms with Gasteiger partial charge in [0.15, 0.2) is 0 Å². The average molecular weight is 406 g/mol. The van der Waals surface area contributed by atoms with Gasteiger partial charge in [-0.2, -0.15) is 0 Å². The molecule has 1 aliphatic carbocycles. The van der Waals surface area contributed by atoms with Gasteiger partial charge in [-0.1, -0.05) is 80.8 Å². The molecule has 3 unspecified atom stereocenters. The van der Waals surface area contributed by atoms with E-state index in [1.807, 2.05) is 24.3 Å². The number of aliphatic hydroxyl groups excluding tert-OH is 2. The molecule has 1 aliphatic rings. The van der Waals surface area contributed by atoms with Crippen LogP contribution in [-0.4, -0.2) is 22.4 Å². The number of hydrogen-bond donors (Lipinski definition) is 2. The Labute approximate surface area is 181 Å². The van der Waals surface area contributed by atoms with Crippen LogP contribution in [0, 0.1) is 12.5 Å². The number of hydrogen-bond acceptors (Lipinski definition) is 2. The third-order valence-electron chi connectivity index (χ3n) is 6.66. The van der Waals surface area contributed by atoms with Crippen molar-refractivity contribution in [3.05, 3.63) is 82.7 Å². The van der Waals surface area contributed by atoms with E-state index in [0.717, 1.165) is 56.1 Å². The molecule has 0 aromatic heterocycles. The topological polar surface area (TPSA) is 44.8 Å². The number of rotatable bonds is 10. The van der Waals surface area contributed by atoms with Crippen molar-refractivity contribution in [3.8, 4) is 0 Å². The molecule has 2 aromatic rings. The molecule has 0 heterocycles. The molecule has 1 saturated carbocycles. The summed E-state index contributed by atoms with van der Waals surface area (Å²) in [6.07, 6.45) is 6.43. The van der Waals surface area contributed by atoms with E-state index in [9.17, 15) is 10.2 Å². The molecule has 30 heavy (non-hydrogen) atoms. The first-order chi connectivity index (χ1) is 14.7. The molecule has 1 fully saturated rings. The highest BCUT2D eigenvalue weighted by Crippen LogP contribution is 2.46. The average Bonchev–Trinajstić information content (AvgIpc) is 3.09. The lowest BCUT2D eigenvalue weighted by molar-refractivity contribution is 0.143. The first-order valence-electron chi connectivity index (χ1n) is 11.5. The largest absolute Gasteiger partial charge is 0.392 e. The lowest BCUT2D eigenvalue weighted by Crippen LogP contribution is -2.21. The quantitative estimate of drug-likeness (QED) is 0.372. The van der Waals surface area contributed by atoms with Crippen LogP contribution in [0.25, 0.3) is 4.85 Å². The fraction of sp³-hybridized carbons (Fsp3) is 0.519. The van der Waals surface area contributed by atoms with Crippen LogP contribution < -0.4 is 0 Å². The van der Waals surface area contributed by atoms with Crippen molar-refractivity contribution in [1.29, 1.82) is 0 Å². The predicted molar refractivity (Wildman–Crippen MR) is 122 cm³/mol. The lowest BCUT2D eigenvalue weighted by atomic mass is 9.80. The number of aryl methyl sites for hydroxylation is 1. The Bertz CT molecular complexity index is 813. The van der Waals surface area contributed by atoms with Crippen LogP contribution in [0.1, 0.15) is 80.6 Å². The molecule has 0 saturated heterocycles. The summed E-state index contributed by atoms with van der Waals surface area (Å²) in [6, 6.07) is 18.3. The Balaban J connectivity index is 1.77. The van der Waals surface area contributed by atoms with Crippen molar-refractivity contribution in [3.63, 3.8) is 0 Å². The first-order valence-corrected chi connectivity index (χ1v) is 11.5. The summed E-state index contributed by atoms with van der Waals surface area (Å²) in [5, 5.41) is 21.8. The van der Waals surface area contributed by atoms with E-state index in [1.165, 1.54) is 5.56 Å². The molecule has 3 nitrogen and oxygen atoms in total. The van der Waals surface area contributed by atoms with Crippen LogP contribution in [0.2, 0.25) is 0 Å². The summed E-state index contributed by atoms with van der Waals surface area (Å²) in [4.78, 5) is 3.88. The molecule has 0 spiro atoms. The SMILES string of the molecule is [C-]#[N+][C@@H]1C[C@@H](O)C(c2ccccc2C(O)CCCCC)C1CCCc1ccccc1. The zero-order valence-electron chi connectivity index (χ0n) is 18.1. The van der Waals surface area contributed by atoms with Gasteiger partial charge in [-0.3, -0.25) is 0 Å². The third-order valence-corrected chi connectivity index (χ3v) is 6.66. The molecule has 3 heteroatoms. The standard InChI is InChI=1S/C27H35NO2/c1-3-4-6-18-25(29)21-15-9-10-16-22(21)27-23(24(28-2)19-26(27)30)17-11-14-20-12-7-5-8-13-20/h5,7-10,12-13,15-16,23-27,29-30H,3-4,6,11,14,17-19H2,1H3/t23?,24-,25?,26-,27?/m1/s1. The van der Waals surface area contributed by atoms with Gasteiger partial charge in [-0.25, -0.2) is 6.57 Å². The van der Waals surface area contributed by atoms with E-state index in [1.54, 1.807) is 0 Å². The first kappa shape index (κ1) is 22.5. The number of aliphatic hydroxyl groups is 2. The second kappa shape index (κ2) is 11.3. The summed E-state index contributed by atoms with van der Waals surface area (Å²) in [6.45, 7) is 9.85. The van der Waals surface area contributed by atoms with Gasteiger partial charge < -0.3 is 15.1 Å². The van der Waals surface area contributed by atoms with Gasteiger partial charge >= 0.3 is 0 Å². The Kier molecular flexibility index (Phi) is 8.49. The minimum absolute atomic E-state index is 0.0723. The van der Waals surface area contributed by atoms with Crippen molar-refractivity contribution in [2.45, 2.75) is 82.5 Å². The lowest BCUT2D eigenvalue weighted by Gasteiger charge is -2.26. The van der Waals surface area contributed by atoms with E-state index in [4.69, 9.17) is 6.57 Å². The smallest absolute Gasteiger partial charge is 0.229 e. The second-order valence-electron chi connectivity index (χ2n) is 8.71. The normalized spacial score (nSPS) is 24.5. The molecule has 2 N–H and O–H groups in total. The van der Waals surface area contributed by atoms with Gasteiger partial charge in [0.05, 0.1) is 12.2 Å². The molecule has 0 radical (unpaired) electrons. The summed E-state index contributed by atoms with van der Waals surface area (Å²) >= 11 is 0. The molecule has 2 aromatic carbocycles. The van der Waals surface area contributed by atoms with Crippen LogP contribution in [0.5, 0.6) is 0 Å². The van der Waals surface area contributed by atoms with Crippen molar-refractivity contribution in [2.75, 3.05) is 0 Å². The Morgan fingerprint density at radius 2 is 1.77 bits per heavy atom. The van der Waals surface area contributed by atoms with Gasteiger partial charge in [0.1, 0.15) is 0 Å². The summed E-state index contributed by atoms with van der Waals surface area (Å²) in [5.41, 5.74) is 3.31. The van der Waals surface area contributed by atoms with Crippen LogP contribution in [-0.2, 0) is 6.42 Å².